The number of nitrogens with zero attached hydrogens (tertiary/aromatic N) is 6. The quantitative estimate of drug-likeness (QED) is 0.583. The molecule has 3 aromatic heterocycles. The lowest BCUT2D eigenvalue weighted by molar-refractivity contribution is 0.0954. The van der Waals surface area contributed by atoms with Crippen LogP contribution in [0.3, 0.4) is 0 Å². The van der Waals surface area contributed by atoms with Crippen molar-refractivity contribution < 1.29 is 4.79 Å². The van der Waals surface area contributed by atoms with Crippen LogP contribution in [0.4, 0.5) is 5.82 Å². The normalized spacial score (nSPS) is 11.3. The zero-order valence-electron chi connectivity index (χ0n) is 13.4. The Morgan fingerprint density at radius 3 is 2.65 bits per heavy atom. The second-order valence-corrected chi connectivity index (χ2v) is 5.34. The molecule has 0 aliphatic heterocycles. The molecule has 0 aliphatic carbocycles. The van der Waals surface area contributed by atoms with Gasteiger partial charge in [-0.3, -0.25) is 9.78 Å². The Morgan fingerprint density at radius 1 is 1.23 bits per heavy atom. The summed E-state index contributed by atoms with van der Waals surface area (Å²) in [5, 5.41) is 10.4. The Morgan fingerprint density at radius 2 is 2.00 bits per heavy atom. The molecule has 3 rings (SSSR count). The van der Waals surface area contributed by atoms with Crippen LogP contribution in [0.2, 0.25) is 5.15 Å². The minimum absolute atomic E-state index is 0.0557. The SMILES string of the molecule is NC=C(CNC(=O)c1nc(Cl)c(-n2nccn2)nc1N)c1ccccn1. The van der Waals surface area contributed by atoms with Gasteiger partial charge in [0.2, 0.25) is 5.82 Å². The fourth-order valence-electron chi connectivity index (χ4n) is 2.08. The zero-order chi connectivity index (χ0) is 18.5. The number of halogens is 1. The van der Waals surface area contributed by atoms with Crippen LogP contribution in [-0.4, -0.2) is 42.4 Å². The number of carbonyl (C=O) groups is 1. The van der Waals surface area contributed by atoms with E-state index in [-0.39, 0.29) is 29.0 Å². The van der Waals surface area contributed by atoms with Gasteiger partial charge in [-0.15, -0.1) is 4.80 Å². The van der Waals surface area contributed by atoms with E-state index < -0.39 is 5.91 Å². The number of nitrogens with one attached hydrogen (secondary N) is 1. The van der Waals surface area contributed by atoms with Crippen LogP contribution in [0.25, 0.3) is 11.4 Å². The van der Waals surface area contributed by atoms with E-state index in [0.29, 0.717) is 11.3 Å². The van der Waals surface area contributed by atoms with Gasteiger partial charge in [-0.25, -0.2) is 9.97 Å². The molecule has 0 aliphatic rings. The van der Waals surface area contributed by atoms with Gasteiger partial charge in [0.05, 0.1) is 18.1 Å². The standard InChI is InChI=1S/C15H14ClN9O/c16-12-14(25-21-5-6-22-25)24-13(18)11(23-12)15(26)20-8-9(7-17)10-3-1-2-4-19-10/h1-7H,8,17H2,(H2,18,24)(H,20,26). The van der Waals surface area contributed by atoms with E-state index >= 15 is 0 Å². The van der Waals surface area contributed by atoms with Crippen molar-refractivity contribution in [2.75, 3.05) is 12.3 Å². The lowest BCUT2D eigenvalue weighted by atomic mass is 10.2. The smallest absolute Gasteiger partial charge is 0.274 e. The van der Waals surface area contributed by atoms with Crippen LogP contribution in [0, 0.1) is 0 Å². The van der Waals surface area contributed by atoms with Crippen molar-refractivity contribution >= 4 is 28.9 Å². The van der Waals surface area contributed by atoms with E-state index in [1.807, 2.05) is 6.07 Å². The minimum atomic E-state index is -0.549. The summed E-state index contributed by atoms with van der Waals surface area (Å²) in [6.45, 7) is 0.132. The summed E-state index contributed by atoms with van der Waals surface area (Å²) in [6, 6.07) is 5.38. The molecule has 3 aromatic rings. The van der Waals surface area contributed by atoms with E-state index in [1.165, 1.54) is 18.6 Å². The highest BCUT2D eigenvalue weighted by Gasteiger charge is 2.19. The number of hydrogen-bond acceptors (Lipinski definition) is 8. The van der Waals surface area contributed by atoms with E-state index in [0.717, 1.165) is 4.80 Å². The molecule has 10 nitrogen and oxygen atoms in total. The number of rotatable bonds is 5. The number of nitrogens with two attached hydrogens (primary N) is 2. The lowest BCUT2D eigenvalue weighted by Crippen LogP contribution is -2.28. The molecule has 0 fully saturated rings. The lowest BCUT2D eigenvalue weighted by Gasteiger charge is -2.10. The number of pyridine rings is 1. The summed E-state index contributed by atoms with van der Waals surface area (Å²) in [7, 11) is 0. The van der Waals surface area contributed by atoms with Gasteiger partial charge in [0.1, 0.15) is 0 Å². The third-order valence-corrected chi connectivity index (χ3v) is 3.57. The molecule has 26 heavy (non-hydrogen) atoms. The second-order valence-electron chi connectivity index (χ2n) is 4.98. The molecule has 1 amide bonds. The van der Waals surface area contributed by atoms with Crippen molar-refractivity contribution in [1.82, 2.24) is 35.3 Å². The molecule has 3 heterocycles. The molecule has 0 atom stereocenters. The highest BCUT2D eigenvalue weighted by molar-refractivity contribution is 6.31. The van der Waals surface area contributed by atoms with Crippen LogP contribution < -0.4 is 16.8 Å². The van der Waals surface area contributed by atoms with Crippen LogP contribution in [0.5, 0.6) is 0 Å². The first-order chi connectivity index (χ1) is 12.6. The molecular weight excluding hydrogens is 358 g/mol. The molecule has 132 valence electrons. The van der Waals surface area contributed by atoms with Crippen molar-refractivity contribution in [2.45, 2.75) is 0 Å². The van der Waals surface area contributed by atoms with Crippen molar-refractivity contribution in [3.8, 4) is 5.82 Å². The first-order valence-corrected chi connectivity index (χ1v) is 7.78. The maximum atomic E-state index is 12.4. The highest BCUT2D eigenvalue weighted by atomic mass is 35.5. The Hall–Kier alpha value is -3.53. The van der Waals surface area contributed by atoms with Gasteiger partial charge in [0, 0.05) is 24.5 Å². The first kappa shape index (κ1) is 17.3. The molecule has 5 N–H and O–H groups in total. The number of aromatic nitrogens is 6. The van der Waals surface area contributed by atoms with Gasteiger partial charge >= 0.3 is 0 Å². The Kier molecular flexibility index (Phi) is 5.04. The number of amides is 1. The number of nitrogen functional groups attached to an aromatic ring is 1. The summed E-state index contributed by atoms with van der Waals surface area (Å²) < 4.78 is 0. The zero-order valence-corrected chi connectivity index (χ0v) is 14.1. The topological polar surface area (TPSA) is 151 Å². The molecule has 0 spiro atoms. The van der Waals surface area contributed by atoms with Gasteiger partial charge in [0.25, 0.3) is 5.91 Å². The van der Waals surface area contributed by atoms with E-state index in [9.17, 15) is 4.79 Å². The fraction of sp³-hybridized carbons (Fsp3) is 0.0667. The molecule has 0 bridgehead atoms. The number of carbonyl (C=O) groups excluding carboxylic acids is 1. The third kappa shape index (κ3) is 3.59. The molecule has 0 saturated carbocycles. The number of anilines is 1. The van der Waals surface area contributed by atoms with Gasteiger partial charge in [-0.1, -0.05) is 17.7 Å². The van der Waals surface area contributed by atoms with E-state index in [4.69, 9.17) is 23.1 Å². The maximum Gasteiger partial charge on any atom is 0.274 e. The van der Waals surface area contributed by atoms with Gasteiger partial charge in [-0.05, 0) is 12.1 Å². The fourth-order valence-corrected chi connectivity index (χ4v) is 2.29. The molecule has 0 radical (unpaired) electrons. The van der Waals surface area contributed by atoms with Gasteiger partial charge < -0.3 is 16.8 Å². The molecule has 0 unspecified atom stereocenters. The Labute approximate surface area is 152 Å². The van der Waals surface area contributed by atoms with Crippen molar-refractivity contribution in [3.63, 3.8) is 0 Å². The van der Waals surface area contributed by atoms with Crippen LogP contribution in [0.1, 0.15) is 16.2 Å². The predicted molar refractivity (Wildman–Crippen MR) is 95.1 cm³/mol. The summed E-state index contributed by atoms with van der Waals surface area (Å²) in [6.07, 6.45) is 5.91. The average Bonchev–Trinajstić information content (AvgIpc) is 3.19. The Bertz CT molecular complexity index is 941. The van der Waals surface area contributed by atoms with Crippen molar-refractivity contribution in [1.29, 1.82) is 0 Å². The largest absolute Gasteiger partial charge is 0.404 e. The monoisotopic (exact) mass is 371 g/mol. The molecule has 0 aromatic carbocycles. The molecule has 11 heteroatoms. The van der Waals surface area contributed by atoms with Crippen LogP contribution in [-0.2, 0) is 0 Å². The second kappa shape index (κ2) is 7.57. The van der Waals surface area contributed by atoms with Gasteiger partial charge in [0.15, 0.2) is 16.7 Å². The maximum absolute atomic E-state index is 12.4. The van der Waals surface area contributed by atoms with E-state index in [2.05, 4.69) is 30.5 Å². The van der Waals surface area contributed by atoms with Crippen LogP contribution >= 0.6 is 11.6 Å². The summed E-state index contributed by atoms with van der Waals surface area (Å²) in [5.74, 6) is -0.524. The minimum Gasteiger partial charge on any atom is -0.404 e. The Balaban J connectivity index is 1.77. The van der Waals surface area contributed by atoms with E-state index in [1.54, 1.807) is 18.3 Å². The number of hydrogen-bond donors (Lipinski definition) is 3. The van der Waals surface area contributed by atoms with Crippen LogP contribution in [0.15, 0.2) is 43.0 Å². The first-order valence-electron chi connectivity index (χ1n) is 7.40. The third-order valence-electron chi connectivity index (χ3n) is 3.32. The average molecular weight is 372 g/mol. The summed E-state index contributed by atoms with van der Waals surface area (Å²) in [4.78, 5) is 25.8. The van der Waals surface area contributed by atoms with Crippen molar-refractivity contribution in [2.24, 2.45) is 5.73 Å². The molecular formula is C15H14ClN9O. The summed E-state index contributed by atoms with van der Waals surface area (Å²) >= 11 is 6.07. The summed E-state index contributed by atoms with van der Waals surface area (Å²) in [5.41, 5.74) is 12.6. The van der Waals surface area contributed by atoms with Gasteiger partial charge in [-0.2, -0.15) is 10.2 Å². The predicted octanol–water partition coefficient (Wildman–Crippen LogP) is 0.417. The van der Waals surface area contributed by atoms with Crippen molar-refractivity contribution in [3.05, 3.63) is 59.5 Å². The molecule has 0 saturated heterocycles. The highest BCUT2D eigenvalue weighted by Crippen LogP contribution is 2.18.